The van der Waals surface area contributed by atoms with Crippen molar-refractivity contribution in [3.63, 3.8) is 0 Å². The van der Waals surface area contributed by atoms with Gasteiger partial charge in [-0.2, -0.15) is 0 Å². The van der Waals surface area contributed by atoms with Crippen LogP contribution in [-0.4, -0.2) is 23.1 Å². The average Bonchev–Trinajstić information content (AvgIpc) is 2.30. The molecule has 0 amide bonds. The maximum atomic E-state index is 10.2. The van der Waals surface area contributed by atoms with Crippen LogP contribution >= 0.6 is 0 Å². The van der Waals surface area contributed by atoms with E-state index in [1.807, 2.05) is 13.0 Å². The Morgan fingerprint density at radius 1 is 1.18 bits per heavy atom. The molecule has 96 valence electrons. The lowest BCUT2D eigenvalue weighted by molar-refractivity contribution is 0.289. The summed E-state index contributed by atoms with van der Waals surface area (Å²) in [6.45, 7) is 13.5. The minimum Gasteiger partial charge on any atom is -0.507 e. The molecule has 0 bridgehead atoms. The number of benzene rings is 1. The van der Waals surface area contributed by atoms with Crippen molar-refractivity contribution in [3.8, 4) is 5.75 Å². The van der Waals surface area contributed by atoms with E-state index in [1.54, 1.807) is 0 Å². The lowest BCUT2D eigenvalue weighted by Gasteiger charge is -2.23. The molecule has 17 heavy (non-hydrogen) atoms. The molecule has 2 heteroatoms. The summed E-state index contributed by atoms with van der Waals surface area (Å²) >= 11 is 0. The van der Waals surface area contributed by atoms with Crippen molar-refractivity contribution in [1.29, 1.82) is 0 Å². The standard InChI is InChI=1S/C15H25NO/c1-6-16(7-2)10-14-13(11(3)4)9-8-12(5)15(14)17/h8-9,11,17H,6-7,10H2,1-5H3. The van der Waals surface area contributed by atoms with E-state index in [9.17, 15) is 5.11 Å². The van der Waals surface area contributed by atoms with Gasteiger partial charge in [0.15, 0.2) is 0 Å². The summed E-state index contributed by atoms with van der Waals surface area (Å²) in [5.74, 6) is 0.926. The van der Waals surface area contributed by atoms with E-state index in [0.717, 1.165) is 30.8 Å². The first-order valence-electron chi connectivity index (χ1n) is 6.54. The van der Waals surface area contributed by atoms with Crippen LogP contribution in [0.5, 0.6) is 5.75 Å². The van der Waals surface area contributed by atoms with Crippen molar-refractivity contribution in [2.24, 2.45) is 0 Å². The van der Waals surface area contributed by atoms with Crippen molar-refractivity contribution in [3.05, 3.63) is 28.8 Å². The Kier molecular flexibility index (Phi) is 5.01. The van der Waals surface area contributed by atoms with Crippen molar-refractivity contribution in [2.75, 3.05) is 13.1 Å². The highest BCUT2D eigenvalue weighted by Crippen LogP contribution is 2.31. The summed E-state index contributed by atoms with van der Waals surface area (Å²) in [6.07, 6.45) is 0. The molecular weight excluding hydrogens is 210 g/mol. The van der Waals surface area contributed by atoms with Gasteiger partial charge in [0.05, 0.1) is 0 Å². The van der Waals surface area contributed by atoms with Crippen molar-refractivity contribution < 1.29 is 5.11 Å². The second-order valence-corrected chi connectivity index (χ2v) is 4.91. The molecule has 1 N–H and O–H groups in total. The molecular formula is C15H25NO. The number of hydrogen-bond acceptors (Lipinski definition) is 2. The molecule has 0 aliphatic rings. The molecule has 0 unspecified atom stereocenters. The van der Waals surface area contributed by atoms with Crippen LogP contribution in [0.3, 0.4) is 0 Å². The Labute approximate surface area is 105 Å². The monoisotopic (exact) mass is 235 g/mol. The van der Waals surface area contributed by atoms with Crippen LogP contribution in [0, 0.1) is 6.92 Å². The minimum atomic E-state index is 0.451. The second-order valence-electron chi connectivity index (χ2n) is 4.91. The third kappa shape index (κ3) is 3.22. The minimum absolute atomic E-state index is 0.451. The summed E-state index contributed by atoms with van der Waals surface area (Å²) in [5, 5.41) is 10.2. The van der Waals surface area contributed by atoms with Crippen molar-refractivity contribution in [1.82, 2.24) is 4.90 Å². The zero-order valence-electron chi connectivity index (χ0n) is 11.7. The first-order chi connectivity index (χ1) is 8.01. The second kappa shape index (κ2) is 6.06. The Balaban J connectivity index is 3.14. The Hall–Kier alpha value is -1.02. The fraction of sp³-hybridized carbons (Fsp3) is 0.600. The molecule has 0 radical (unpaired) electrons. The van der Waals surface area contributed by atoms with Crippen LogP contribution in [0.1, 0.15) is 50.3 Å². The van der Waals surface area contributed by atoms with Gasteiger partial charge in [-0.15, -0.1) is 0 Å². The quantitative estimate of drug-likeness (QED) is 0.841. The number of aromatic hydroxyl groups is 1. The van der Waals surface area contributed by atoms with Gasteiger partial charge in [-0.1, -0.05) is 39.8 Å². The first-order valence-corrected chi connectivity index (χ1v) is 6.54. The summed E-state index contributed by atoms with van der Waals surface area (Å²) in [6, 6.07) is 4.16. The average molecular weight is 235 g/mol. The van der Waals surface area contributed by atoms with Crippen molar-refractivity contribution >= 4 is 0 Å². The highest BCUT2D eigenvalue weighted by molar-refractivity contribution is 5.46. The molecule has 1 aromatic carbocycles. The Morgan fingerprint density at radius 3 is 2.24 bits per heavy atom. The summed E-state index contributed by atoms with van der Waals surface area (Å²) in [7, 11) is 0. The smallest absolute Gasteiger partial charge is 0.123 e. The van der Waals surface area contributed by atoms with Gasteiger partial charge < -0.3 is 5.11 Å². The van der Waals surface area contributed by atoms with Gasteiger partial charge in [0, 0.05) is 12.1 Å². The van der Waals surface area contributed by atoms with E-state index in [1.165, 1.54) is 5.56 Å². The maximum Gasteiger partial charge on any atom is 0.123 e. The third-order valence-corrected chi connectivity index (χ3v) is 3.42. The Bertz CT molecular complexity index is 367. The number of nitrogens with zero attached hydrogens (tertiary/aromatic N) is 1. The first kappa shape index (κ1) is 14.0. The molecule has 0 atom stereocenters. The predicted molar refractivity (Wildman–Crippen MR) is 73.6 cm³/mol. The topological polar surface area (TPSA) is 23.5 Å². The summed E-state index contributed by atoms with van der Waals surface area (Å²) in [4.78, 5) is 2.33. The number of hydrogen-bond donors (Lipinski definition) is 1. The van der Waals surface area contributed by atoms with Crippen LogP contribution in [-0.2, 0) is 6.54 Å². The van der Waals surface area contributed by atoms with Gasteiger partial charge in [-0.3, -0.25) is 4.90 Å². The van der Waals surface area contributed by atoms with Crippen LogP contribution in [0.15, 0.2) is 12.1 Å². The van der Waals surface area contributed by atoms with E-state index in [0.29, 0.717) is 11.7 Å². The lowest BCUT2D eigenvalue weighted by atomic mass is 9.94. The fourth-order valence-electron chi connectivity index (χ4n) is 2.15. The highest BCUT2D eigenvalue weighted by Gasteiger charge is 2.15. The molecule has 0 spiro atoms. The molecule has 0 aliphatic carbocycles. The largest absolute Gasteiger partial charge is 0.507 e. The predicted octanol–water partition coefficient (Wildman–Crippen LogP) is 3.67. The SMILES string of the molecule is CCN(CC)Cc1c(C(C)C)ccc(C)c1O. The number of rotatable bonds is 5. The molecule has 0 saturated heterocycles. The normalized spacial score (nSPS) is 11.5. The molecule has 1 rings (SSSR count). The van der Waals surface area contributed by atoms with Gasteiger partial charge in [-0.05, 0) is 37.1 Å². The molecule has 1 aromatic rings. The van der Waals surface area contributed by atoms with Crippen LogP contribution in [0.2, 0.25) is 0 Å². The van der Waals surface area contributed by atoms with Gasteiger partial charge in [-0.25, -0.2) is 0 Å². The van der Waals surface area contributed by atoms with Crippen LogP contribution < -0.4 is 0 Å². The zero-order valence-corrected chi connectivity index (χ0v) is 11.7. The highest BCUT2D eigenvalue weighted by atomic mass is 16.3. The van der Waals surface area contributed by atoms with E-state index in [4.69, 9.17) is 0 Å². The summed E-state index contributed by atoms with van der Waals surface area (Å²) < 4.78 is 0. The van der Waals surface area contributed by atoms with Crippen LogP contribution in [0.25, 0.3) is 0 Å². The third-order valence-electron chi connectivity index (χ3n) is 3.42. The van der Waals surface area contributed by atoms with E-state index in [-0.39, 0.29) is 0 Å². The molecule has 0 aliphatic heterocycles. The Morgan fingerprint density at radius 2 is 1.76 bits per heavy atom. The maximum absolute atomic E-state index is 10.2. The summed E-state index contributed by atoms with van der Waals surface area (Å²) in [5.41, 5.74) is 3.33. The fourth-order valence-corrected chi connectivity index (χ4v) is 2.15. The van der Waals surface area contributed by atoms with E-state index < -0.39 is 0 Å². The molecule has 0 fully saturated rings. The van der Waals surface area contributed by atoms with E-state index in [2.05, 4.69) is 38.7 Å². The molecule has 0 heterocycles. The van der Waals surface area contributed by atoms with Gasteiger partial charge in [0.2, 0.25) is 0 Å². The number of aryl methyl sites for hydroxylation is 1. The molecule has 2 nitrogen and oxygen atoms in total. The number of phenolic OH excluding ortho intramolecular Hbond substituents is 1. The molecule has 0 aromatic heterocycles. The number of phenols is 1. The lowest BCUT2D eigenvalue weighted by Crippen LogP contribution is -2.23. The van der Waals surface area contributed by atoms with E-state index >= 15 is 0 Å². The van der Waals surface area contributed by atoms with Crippen LogP contribution in [0.4, 0.5) is 0 Å². The molecule has 0 saturated carbocycles. The van der Waals surface area contributed by atoms with Gasteiger partial charge in [0.1, 0.15) is 5.75 Å². The van der Waals surface area contributed by atoms with Crippen molar-refractivity contribution in [2.45, 2.75) is 47.1 Å². The van der Waals surface area contributed by atoms with Gasteiger partial charge in [0.25, 0.3) is 0 Å². The zero-order chi connectivity index (χ0) is 13.0. The van der Waals surface area contributed by atoms with Gasteiger partial charge >= 0.3 is 0 Å².